The summed E-state index contributed by atoms with van der Waals surface area (Å²) in [7, 11) is 0. The highest BCUT2D eigenvalue weighted by Crippen LogP contribution is 2.43. The third-order valence-corrected chi connectivity index (χ3v) is 4.04. The van der Waals surface area contributed by atoms with Gasteiger partial charge in [-0.2, -0.15) is 0 Å². The highest BCUT2D eigenvalue weighted by Gasteiger charge is 2.61. The van der Waals surface area contributed by atoms with Crippen molar-refractivity contribution in [1.82, 2.24) is 10.2 Å². The van der Waals surface area contributed by atoms with Gasteiger partial charge in [0, 0.05) is 19.4 Å². The Balaban J connectivity index is 2.18. The Morgan fingerprint density at radius 3 is 2.71 bits per heavy atom. The molecule has 0 aromatic rings. The van der Waals surface area contributed by atoms with Gasteiger partial charge in [-0.25, -0.2) is 4.79 Å². The van der Waals surface area contributed by atoms with Gasteiger partial charge in [-0.3, -0.25) is 4.90 Å². The number of unbranched alkanes of at least 4 members (excludes halogenated alkanes) is 1. The summed E-state index contributed by atoms with van der Waals surface area (Å²) in [5.41, 5.74) is -1.90. The first-order chi connectivity index (χ1) is 8.03. The van der Waals surface area contributed by atoms with E-state index in [1.54, 1.807) is 6.92 Å². The molecule has 2 N–H and O–H groups in total. The van der Waals surface area contributed by atoms with Gasteiger partial charge >= 0.3 is 6.09 Å². The molecule has 1 spiro atoms. The lowest BCUT2D eigenvalue weighted by Crippen LogP contribution is -2.60. The topological polar surface area (TPSA) is 61.8 Å². The van der Waals surface area contributed by atoms with Crippen LogP contribution in [0.3, 0.4) is 0 Å². The van der Waals surface area contributed by atoms with E-state index in [1.165, 1.54) is 4.90 Å². The monoisotopic (exact) mass is 242 g/mol. The van der Waals surface area contributed by atoms with E-state index in [2.05, 4.69) is 12.2 Å². The molecule has 0 aromatic heterocycles. The van der Waals surface area contributed by atoms with Gasteiger partial charge in [-0.15, -0.1) is 0 Å². The first kappa shape index (κ1) is 12.6. The normalized spacial score (nSPS) is 31.9. The molecule has 1 atom stereocenters. The number of nitrogens with one attached hydrogen (secondary N) is 1. The van der Waals surface area contributed by atoms with Gasteiger partial charge in [0.1, 0.15) is 0 Å². The van der Waals surface area contributed by atoms with Crippen LogP contribution in [0.1, 0.15) is 39.5 Å². The fourth-order valence-electron chi connectivity index (χ4n) is 2.77. The van der Waals surface area contributed by atoms with Crippen molar-refractivity contribution in [2.24, 2.45) is 0 Å². The maximum absolute atomic E-state index is 11.9. The number of hydrogen-bond donors (Lipinski definition) is 2. The summed E-state index contributed by atoms with van der Waals surface area (Å²) in [5, 5.41) is 13.9. The van der Waals surface area contributed by atoms with Crippen molar-refractivity contribution < 1.29 is 14.6 Å². The minimum absolute atomic E-state index is 0.370. The molecular formula is C12H22N2O3. The fraction of sp³-hybridized carbons (Fsp3) is 0.917. The first-order valence-corrected chi connectivity index (χ1v) is 6.47. The second kappa shape index (κ2) is 4.46. The lowest BCUT2D eigenvalue weighted by atomic mass is 9.82. The van der Waals surface area contributed by atoms with Gasteiger partial charge in [0.2, 0.25) is 0 Å². The number of rotatable bonds is 3. The first-order valence-electron chi connectivity index (χ1n) is 6.47. The van der Waals surface area contributed by atoms with Crippen molar-refractivity contribution in [3.63, 3.8) is 0 Å². The van der Waals surface area contributed by atoms with E-state index < -0.39 is 11.3 Å². The molecule has 5 nitrogen and oxygen atoms in total. The Labute approximate surface area is 102 Å². The van der Waals surface area contributed by atoms with E-state index in [4.69, 9.17) is 4.74 Å². The highest BCUT2D eigenvalue weighted by molar-refractivity contribution is 5.72. The second-order valence-electron chi connectivity index (χ2n) is 5.14. The molecule has 2 heterocycles. The zero-order valence-electron chi connectivity index (χ0n) is 10.7. The number of amides is 1. The lowest BCUT2D eigenvalue weighted by molar-refractivity contribution is -0.156. The predicted molar refractivity (Wildman–Crippen MR) is 63.6 cm³/mol. The van der Waals surface area contributed by atoms with E-state index in [0.717, 1.165) is 25.9 Å². The summed E-state index contributed by atoms with van der Waals surface area (Å²) in [5.74, 6) is 0. The number of aliphatic hydroxyl groups is 1. The van der Waals surface area contributed by atoms with Crippen LogP contribution in [0.2, 0.25) is 0 Å². The SMILES string of the molecule is CCCCN1C(=O)OC2(CCNCC2)C1(C)O. The van der Waals surface area contributed by atoms with Crippen molar-refractivity contribution in [2.75, 3.05) is 19.6 Å². The summed E-state index contributed by atoms with van der Waals surface area (Å²) < 4.78 is 5.51. The standard InChI is InChI=1S/C12H22N2O3/c1-3-4-9-14-10(15)17-12(11(14,2)16)5-7-13-8-6-12/h13,16H,3-9H2,1-2H3. The van der Waals surface area contributed by atoms with E-state index in [0.29, 0.717) is 19.4 Å². The molecule has 2 aliphatic rings. The summed E-state index contributed by atoms with van der Waals surface area (Å²) in [6, 6.07) is 0. The lowest BCUT2D eigenvalue weighted by Gasteiger charge is -2.42. The van der Waals surface area contributed by atoms with Gasteiger partial charge < -0.3 is 15.2 Å². The number of piperidine rings is 1. The van der Waals surface area contributed by atoms with E-state index >= 15 is 0 Å². The third kappa shape index (κ3) is 1.91. The molecule has 0 bridgehead atoms. The molecular weight excluding hydrogens is 220 g/mol. The largest absolute Gasteiger partial charge is 0.437 e. The number of hydrogen-bond acceptors (Lipinski definition) is 4. The van der Waals surface area contributed by atoms with Crippen LogP contribution in [-0.4, -0.2) is 47.1 Å². The molecule has 2 saturated heterocycles. The van der Waals surface area contributed by atoms with E-state index in [1.807, 2.05) is 0 Å². The van der Waals surface area contributed by atoms with Crippen LogP contribution >= 0.6 is 0 Å². The molecule has 98 valence electrons. The summed E-state index contributed by atoms with van der Waals surface area (Å²) >= 11 is 0. The van der Waals surface area contributed by atoms with Crippen molar-refractivity contribution >= 4 is 6.09 Å². The maximum Gasteiger partial charge on any atom is 0.412 e. The Hall–Kier alpha value is -0.810. The van der Waals surface area contributed by atoms with Crippen LogP contribution < -0.4 is 5.32 Å². The zero-order valence-corrected chi connectivity index (χ0v) is 10.7. The van der Waals surface area contributed by atoms with Crippen LogP contribution in [-0.2, 0) is 4.74 Å². The molecule has 1 amide bonds. The van der Waals surface area contributed by atoms with Gasteiger partial charge in [-0.05, 0) is 26.4 Å². The molecule has 0 aromatic carbocycles. The minimum atomic E-state index is -1.18. The Bertz CT molecular complexity index is 298. The summed E-state index contributed by atoms with van der Waals surface area (Å²) in [4.78, 5) is 13.4. The zero-order chi connectivity index (χ0) is 12.5. The number of carbonyl (C=O) groups is 1. The minimum Gasteiger partial charge on any atom is -0.437 e. The van der Waals surface area contributed by atoms with E-state index in [9.17, 15) is 9.90 Å². The Morgan fingerprint density at radius 2 is 2.12 bits per heavy atom. The van der Waals surface area contributed by atoms with E-state index in [-0.39, 0.29) is 6.09 Å². The van der Waals surface area contributed by atoms with Crippen LogP contribution in [0, 0.1) is 0 Å². The number of nitrogens with zero attached hydrogens (tertiary/aromatic N) is 1. The molecule has 2 rings (SSSR count). The number of ether oxygens (including phenoxy) is 1. The molecule has 0 radical (unpaired) electrons. The van der Waals surface area contributed by atoms with Crippen molar-refractivity contribution in [3.05, 3.63) is 0 Å². The maximum atomic E-state index is 11.9. The molecule has 2 fully saturated rings. The number of carbonyl (C=O) groups excluding carboxylic acids is 1. The molecule has 17 heavy (non-hydrogen) atoms. The molecule has 0 aliphatic carbocycles. The molecule has 2 aliphatic heterocycles. The summed E-state index contributed by atoms with van der Waals surface area (Å²) in [6.45, 7) is 5.91. The van der Waals surface area contributed by atoms with Gasteiger partial charge in [0.05, 0.1) is 0 Å². The smallest absolute Gasteiger partial charge is 0.412 e. The van der Waals surface area contributed by atoms with Gasteiger partial charge in [0.25, 0.3) is 0 Å². The quantitative estimate of drug-likeness (QED) is 0.777. The molecule has 1 unspecified atom stereocenters. The second-order valence-corrected chi connectivity index (χ2v) is 5.14. The molecule has 0 saturated carbocycles. The van der Waals surface area contributed by atoms with Crippen molar-refractivity contribution in [2.45, 2.75) is 50.9 Å². The Morgan fingerprint density at radius 1 is 1.47 bits per heavy atom. The highest BCUT2D eigenvalue weighted by atomic mass is 16.6. The van der Waals surface area contributed by atoms with Crippen LogP contribution in [0.5, 0.6) is 0 Å². The van der Waals surface area contributed by atoms with Crippen molar-refractivity contribution in [1.29, 1.82) is 0 Å². The van der Waals surface area contributed by atoms with Crippen LogP contribution in [0.25, 0.3) is 0 Å². The average molecular weight is 242 g/mol. The van der Waals surface area contributed by atoms with Gasteiger partial charge in [-0.1, -0.05) is 13.3 Å². The summed E-state index contributed by atoms with van der Waals surface area (Å²) in [6.07, 6.45) is 2.86. The van der Waals surface area contributed by atoms with Crippen molar-refractivity contribution in [3.8, 4) is 0 Å². The predicted octanol–water partition coefficient (Wildman–Crippen LogP) is 1.07. The third-order valence-electron chi connectivity index (χ3n) is 4.04. The van der Waals surface area contributed by atoms with Crippen LogP contribution in [0.4, 0.5) is 4.79 Å². The fourth-order valence-corrected chi connectivity index (χ4v) is 2.77. The van der Waals surface area contributed by atoms with Gasteiger partial charge in [0.15, 0.2) is 11.3 Å². The van der Waals surface area contributed by atoms with Crippen LogP contribution in [0.15, 0.2) is 0 Å². The average Bonchev–Trinajstić information content (AvgIpc) is 2.46. The molecule has 5 heteroatoms. The Kier molecular flexibility index (Phi) is 3.32.